The van der Waals surface area contributed by atoms with Gasteiger partial charge in [0.2, 0.25) is 0 Å². The number of ether oxygens (including phenoxy) is 1. The third-order valence-electron chi connectivity index (χ3n) is 4.71. The second-order valence-electron chi connectivity index (χ2n) is 7.42. The molecule has 0 spiro atoms. The van der Waals surface area contributed by atoms with Crippen LogP contribution in [0.5, 0.6) is 5.75 Å². The molecular formula is C22H26N4O4S. The van der Waals surface area contributed by atoms with Gasteiger partial charge in [0, 0.05) is 31.7 Å². The zero-order valence-corrected chi connectivity index (χ0v) is 18.9. The largest absolute Gasteiger partial charge is 0.493 e. The van der Waals surface area contributed by atoms with E-state index in [-0.39, 0.29) is 10.8 Å². The fourth-order valence-corrected chi connectivity index (χ4v) is 3.76. The van der Waals surface area contributed by atoms with Gasteiger partial charge in [0.25, 0.3) is 5.91 Å². The van der Waals surface area contributed by atoms with E-state index in [9.17, 15) is 13.2 Å². The maximum absolute atomic E-state index is 12.6. The second-order valence-corrected chi connectivity index (χ2v) is 9.44. The quantitative estimate of drug-likeness (QED) is 0.498. The van der Waals surface area contributed by atoms with Crippen LogP contribution >= 0.6 is 0 Å². The van der Waals surface area contributed by atoms with Crippen molar-refractivity contribution in [2.45, 2.75) is 25.2 Å². The summed E-state index contributed by atoms with van der Waals surface area (Å²) in [5.74, 6) is 1.02. The van der Waals surface area contributed by atoms with E-state index in [0.29, 0.717) is 36.7 Å². The number of sulfone groups is 1. The summed E-state index contributed by atoms with van der Waals surface area (Å²) in [6.07, 6.45) is 3.31. The van der Waals surface area contributed by atoms with Crippen LogP contribution in [0.3, 0.4) is 0 Å². The van der Waals surface area contributed by atoms with Gasteiger partial charge in [0.05, 0.1) is 22.8 Å². The van der Waals surface area contributed by atoms with E-state index < -0.39 is 9.84 Å². The van der Waals surface area contributed by atoms with Crippen LogP contribution < -0.4 is 4.74 Å². The Balaban J connectivity index is 1.52. The molecule has 0 aliphatic heterocycles. The third-order valence-corrected chi connectivity index (χ3v) is 5.82. The van der Waals surface area contributed by atoms with Gasteiger partial charge in [-0.3, -0.25) is 4.79 Å². The third kappa shape index (κ3) is 5.69. The molecule has 0 atom stereocenters. The average molecular weight is 443 g/mol. The van der Waals surface area contributed by atoms with Crippen molar-refractivity contribution < 1.29 is 17.9 Å². The molecule has 0 unspecified atom stereocenters. The molecular weight excluding hydrogens is 416 g/mol. The average Bonchev–Trinajstić information content (AvgIpc) is 3.08. The number of aromatic nitrogens is 3. The number of carbonyl (C=O) groups is 1. The number of nitrogens with zero attached hydrogens (tertiary/aromatic N) is 4. The van der Waals surface area contributed by atoms with Gasteiger partial charge in [-0.15, -0.1) is 0 Å². The van der Waals surface area contributed by atoms with Gasteiger partial charge in [-0.1, -0.05) is 6.07 Å². The second kappa shape index (κ2) is 9.30. The van der Waals surface area contributed by atoms with E-state index >= 15 is 0 Å². The van der Waals surface area contributed by atoms with Crippen molar-refractivity contribution >= 4 is 15.7 Å². The van der Waals surface area contributed by atoms with Crippen LogP contribution in [-0.4, -0.2) is 60.4 Å². The first kappa shape index (κ1) is 22.5. The molecule has 0 bridgehead atoms. The molecule has 31 heavy (non-hydrogen) atoms. The van der Waals surface area contributed by atoms with E-state index in [1.165, 1.54) is 12.1 Å². The summed E-state index contributed by atoms with van der Waals surface area (Å²) in [7, 11) is -1.55. The highest BCUT2D eigenvalue weighted by atomic mass is 32.2. The van der Waals surface area contributed by atoms with Crippen molar-refractivity contribution in [1.82, 2.24) is 19.7 Å². The van der Waals surface area contributed by atoms with Crippen LogP contribution in [0, 0.1) is 13.8 Å². The smallest absolute Gasteiger partial charge is 0.255 e. The lowest BCUT2D eigenvalue weighted by Gasteiger charge is -2.17. The minimum absolute atomic E-state index is 0.133. The van der Waals surface area contributed by atoms with Gasteiger partial charge in [-0.05, 0) is 56.7 Å². The lowest BCUT2D eigenvalue weighted by molar-refractivity contribution is 0.0787. The summed E-state index contributed by atoms with van der Waals surface area (Å²) in [5.41, 5.74) is 2.38. The Morgan fingerprint density at radius 1 is 1.16 bits per heavy atom. The maximum Gasteiger partial charge on any atom is 0.255 e. The van der Waals surface area contributed by atoms with E-state index in [1.54, 1.807) is 47.1 Å². The fourth-order valence-electron chi connectivity index (χ4n) is 3.11. The lowest BCUT2D eigenvalue weighted by atomic mass is 10.2. The lowest BCUT2D eigenvalue weighted by Crippen LogP contribution is -2.28. The summed E-state index contributed by atoms with van der Waals surface area (Å²) in [4.78, 5) is 18.8. The standard InChI is InChI=1S/C22H26N4O4S/c1-16-13-17(2)26(24-16)21-10-9-18(15-23-21)22(27)25(3)11-6-12-30-19-7-5-8-20(14-19)31(4,28)29/h5,7-10,13-15H,6,11-12H2,1-4H3. The summed E-state index contributed by atoms with van der Waals surface area (Å²) in [5, 5.41) is 4.40. The molecule has 3 aromatic rings. The van der Waals surface area contributed by atoms with Crippen LogP contribution in [0.25, 0.3) is 5.82 Å². The minimum Gasteiger partial charge on any atom is -0.493 e. The SMILES string of the molecule is Cc1cc(C)n(-c2ccc(C(=O)N(C)CCCOc3cccc(S(C)(=O)=O)c3)cn2)n1. The molecule has 1 amide bonds. The molecule has 9 heteroatoms. The number of pyridine rings is 1. The number of hydrogen-bond donors (Lipinski definition) is 0. The molecule has 3 rings (SSSR count). The molecule has 2 aromatic heterocycles. The van der Waals surface area contributed by atoms with Crippen LogP contribution in [0.2, 0.25) is 0 Å². The fraction of sp³-hybridized carbons (Fsp3) is 0.318. The van der Waals surface area contributed by atoms with Crippen LogP contribution in [0.15, 0.2) is 53.6 Å². The highest BCUT2D eigenvalue weighted by Gasteiger charge is 2.13. The Kier molecular flexibility index (Phi) is 6.74. The van der Waals surface area contributed by atoms with Crippen molar-refractivity contribution in [2.75, 3.05) is 26.5 Å². The van der Waals surface area contributed by atoms with Crippen molar-refractivity contribution in [2.24, 2.45) is 0 Å². The normalized spacial score (nSPS) is 11.4. The molecule has 8 nitrogen and oxygen atoms in total. The van der Waals surface area contributed by atoms with Crippen molar-refractivity contribution in [1.29, 1.82) is 0 Å². The highest BCUT2D eigenvalue weighted by Crippen LogP contribution is 2.17. The highest BCUT2D eigenvalue weighted by molar-refractivity contribution is 7.90. The topological polar surface area (TPSA) is 94.4 Å². The number of carbonyl (C=O) groups excluding carboxylic acids is 1. The van der Waals surface area contributed by atoms with Crippen LogP contribution in [0.4, 0.5) is 0 Å². The summed E-state index contributed by atoms with van der Waals surface area (Å²) in [6, 6.07) is 11.9. The molecule has 0 aliphatic rings. The number of amides is 1. The molecule has 0 fully saturated rings. The first-order valence-corrected chi connectivity index (χ1v) is 11.7. The molecule has 2 heterocycles. The van der Waals surface area contributed by atoms with Gasteiger partial charge >= 0.3 is 0 Å². The maximum atomic E-state index is 12.6. The first-order chi connectivity index (χ1) is 14.6. The molecule has 0 saturated heterocycles. The summed E-state index contributed by atoms with van der Waals surface area (Å²) in [6.45, 7) is 4.72. The Labute approximate surface area is 182 Å². The minimum atomic E-state index is -3.28. The molecule has 1 aromatic carbocycles. The zero-order valence-electron chi connectivity index (χ0n) is 18.1. The van der Waals surface area contributed by atoms with E-state index in [4.69, 9.17) is 4.74 Å². The van der Waals surface area contributed by atoms with Crippen molar-refractivity contribution in [3.05, 3.63) is 65.6 Å². The first-order valence-electron chi connectivity index (χ1n) is 9.83. The summed E-state index contributed by atoms with van der Waals surface area (Å²) >= 11 is 0. The molecule has 0 N–H and O–H groups in total. The number of hydrogen-bond acceptors (Lipinski definition) is 6. The van der Waals surface area contributed by atoms with E-state index in [2.05, 4.69) is 10.1 Å². The molecule has 0 aliphatic carbocycles. The molecule has 0 saturated carbocycles. The monoisotopic (exact) mass is 442 g/mol. The Morgan fingerprint density at radius 2 is 1.94 bits per heavy atom. The van der Waals surface area contributed by atoms with Crippen LogP contribution in [0.1, 0.15) is 28.2 Å². The number of rotatable bonds is 8. The number of benzene rings is 1. The molecule has 0 radical (unpaired) electrons. The van der Waals surface area contributed by atoms with Crippen molar-refractivity contribution in [3.8, 4) is 11.6 Å². The Hall–Kier alpha value is -3.20. The van der Waals surface area contributed by atoms with Gasteiger partial charge in [0.15, 0.2) is 15.7 Å². The van der Waals surface area contributed by atoms with Gasteiger partial charge in [-0.2, -0.15) is 5.10 Å². The van der Waals surface area contributed by atoms with E-state index in [0.717, 1.165) is 17.6 Å². The zero-order chi connectivity index (χ0) is 22.6. The van der Waals surface area contributed by atoms with Crippen LogP contribution in [-0.2, 0) is 9.84 Å². The molecule has 164 valence electrons. The van der Waals surface area contributed by atoms with E-state index in [1.807, 2.05) is 19.9 Å². The predicted molar refractivity (Wildman–Crippen MR) is 117 cm³/mol. The number of aryl methyl sites for hydroxylation is 2. The van der Waals surface area contributed by atoms with Gasteiger partial charge < -0.3 is 9.64 Å². The van der Waals surface area contributed by atoms with Crippen molar-refractivity contribution in [3.63, 3.8) is 0 Å². The Bertz CT molecular complexity index is 1170. The summed E-state index contributed by atoms with van der Waals surface area (Å²) < 4.78 is 30.6. The predicted octanol–water partition coefficient (Wildman–Crippen LogP) is 2.83. The van der Waals surface area contributed by atoms with Gasteiger partial charge in [-0.25, -0.2) is 18.1 Å². The Morgan fingerprint density at radius 3 is 2.55 bits per heavy atom. The van der Waals surface area contributed by atoms with Gasteiger partial charge in [0.1, 0.15) is 5.75 Å².